The van der Waals surface area contributed by atoms with Crippen LogP contribution in [0.15, 0.2) is 18.2 Å². The van der Waals surface area contributed by atoms with Crippen LogP contribution in [-0.4, -0.2) is 45.5 Å². The average molecular weight is 428 g/mol. The molecule has 2 fully saturated rings. The molecule has 0 unspecified atom stereocenters. The lowest BCUT2D eigenvalue weighted by molar-refractivity contribution is -0.140. The highest BCUT2D eigenvalue weighted by molar-refractivity contribution is 5.83. The van der Waals surface area contributed by atoms with Crippen molar-refractivity contribution in [1.29, 1.82) is 0 Å². The molecule has 2 saturated carbocycles. The van der Waals surface area contributed by atoms with Gasteiger partial charge in [-0.1, -0.05) is 12.1 Å². The zero-order chi connectivity index (χ0) is 22.2. The van der Waals surface area contributed by atoms with Crippen LogP contribution in [0.2, 0.25) is 0 Å². The van der Waals surface area contributed by atoms with Crippen molar-refractivity contribution >= 4 is 23.0 Å². The summed E-state index contributed by atoms with van der Waals surface area (Å²) in [5.41, 5.74) is 2.79. The van der Waals surface area contributed by atoms with Gasteiger partial charge in [0.05, 0.1) is 18.3 Å². The van der Waals surface area contributed by atoms with Crippen molar-refractivity contribution in [1.82, 2.24) is 14.7 Å². The molecule has 1 amide bonds. The number of amides is 1. The van der Waals surface area contributed by atoms with Gasteiger partial charge in [-0.15, -0.1) is 0 Å². The molecule has 2 aliphatic carbocycles. The second kappa shape index (κ2) is 8.52. The molecule has 168 valence electrons. The van der Waals surface area contributed by atoms with Gasteiger partial charge in [-0.2, -0.15) is 5.10 Å². The van der Waals surface area contributed by atoms with E-state index in [2.05, 4.69) is 18.2 Å². The normalized spacial score (nSPS) is 16.4. The summed E-state index contributed by atoms with van der Waals surface area (Å²) in [5.74, 6) is 0.344. The molecule has 2 aromatic rings. The van der Waals surface area contributed by atoms with Crippen molar-refractivity contribution in [3.63, 3.8) is 0 Å². The molecule has 0 spiro atoms. The van der Waals surface area contributed by atoms with Crippen LogP contribution in [-0.2, 0) is 27.4 Å². The Kier molecular flexibility index (Phi) is 5.95. The number of carbonyl (C=O) groups excluding carboxylic acids is 2. The number of carbonyl (C=O) groups is 2. The van der Waals surface area contributed by atoms with Gasteiger partial charge < -0.3 is 14.4 Å². The molecule has 7 nitrogen and oxygen atoms in total. The molecule has 0 N–H and O–H groups in total. The van der Waals surface area contributed by atoms with E-state index in [1.54, 1.807) is 0 Å². The van der Waals surface area contributed by atoms with Gasteiger partial charge in [-0.25, -0.2) is 4.79 Å². The van der Waals surface area contributed by atoms with E-state index in [1.165, 1.54) is 25.3 Å². The summed E-state index contributed by atoms with van der Waals surface area (Å²) in [7, 11) is 1.42. The van der Waals surface area contributed by atoms with Gasteiger partial charge in [0.2, 0.25) is 0 Å². The first-order valence-corrected chi connectivity index (χ1v) is 11.3. The van der Waals surface area contributed by atoms with E-state index in [-0.39, 0.29) is 18.1 Å². The number of hydrogen-bond donors (Lipinski definition) is 0. The Bertz CT molecular complexity index is 967. The maximum Gasteiger partial charge on any atom is 0.410 e. The molecule has 0 bridgehead atoms. The Balaban J connectivity index is 1.56. The fourth-order valence-corrected chi connectivity index (χ4v) is 3.89. The molecule has 0 atom stereocenters. The van der Waals surface area contributed by atoms with Crippen molar-refractivity contribution in [2.24, 2.45) is 0 Å². The van der Waals surface area contributed by atoms with E-state index >= 15 is 0 Å². The summed E-state index contributed by atoms with van der Waals surface area (Å²) in [6, 6.07) is 6.65. The zero-order valence-corrected chi connectivity index (χ0v) is 19.0. The van der Waals surface area contributed by atoms with Crippen LogP contribution >= 0.6 is 0 Å². The van der Waals surface area contributed by atoms with Crippen molar-refractivity contribution < 1.29 is 19.1 Å². The van der Waals surface area contributed by atoms with Gasteiger partial charge in [0.1, 0.15) is 5.60 Å². The second-order valence-corrected chi connectivity index (χ2v) is 9.75. The van der Waals surface area contributed by atoms with Crippen LogP contribution in [0.1, 0.15) is 76.5 Å². The third-order valence-corrected chi connectivity index (χ3v) is 5.76. The smallest absolute Gasteiger partial charge is 0.410 e. The first-order valence-electron chi connectivity index (χ1n) is 11.3. The minimum absolute atomic E-state index is 0.197. The second-order valence-electron chi connectivity index (χ2n) is 9.75. The van der Waals surface area contributed by atoms with E-state index in [0.717, 1.165) is 29.6 Å². The highest BCUT2D eigenvalue weighted by Gasteiger charge is 2.35. The molecular formula is C24H33N3O4. The van der Waals surface area contributed by atoms with Gasteiger partial charge in [-0.3, -0.25) is 9.48 Å². The number of aromatic nitrogens is 2. The van der Waals surface area contributed by atoms with Crippen molar-refractivity contribution in [3.05, 3.63) is 29.5 Å². The molecule has 0 radical (unpaired) electrons. The Morgan fingerprint density at radius 3 is 2.55 bits per heavy atom. The zero-order valence-electron chi connectivity index (χ0n) is 19.0. The maximum absolute atomic E-state index is 12.8. The monoisotopic (exact) mass is 427 g/mol. The predicted molar refractivity (Wildman–Crippen MR) is 118 cm³/mol. The van der Waals surface area contributed by atoms with E-state index in [1.807, 2.05) is 30.4 Å². The number of methoxy groups -OCH3 is 1. The number of ether oxygens (including phenoxy) is 2. The number of nitrogens with zero attached hydrogens (tertiary/aromatic N) is 3. The summed E-state index contributed by atoms with van der Waals surface area (Å²) in [6.07, 6.45) is 5.24. The fraction of sp³-hybridized carbons (Fsp3) is 0.625. The molecule has 0 saturated heterocycles. The Hall–Kier alpha value is -2.57. The SMILES string of the molecule is COC(=O)CCCn1nc(C2CC2)c2ccc(CN(C(=O)OC(C)(C)C)C3CC3)cc21. The summed E-state index contributed by atoms with van der Waals surface area (Å²) >= 11 is 0. The highest BCUT2D eigenvalue weighted by Crippen LogP contribution is 2.42. The minimum atomic E-state index is -0.508. The number of rotatable bonds is 8. The highest BCUT2D eigenvalue weighted by atomic mass is 16.6. The van der Waals surface area contributed by atoms with Gasteiger partial charge in [0.15, 0.2) is 0 Å². The standard InChI is InChI=1S/C24H33N3O4/c1-24(2,3)31-23(29)26(18-10-11-18)15-16-7-12-19-20(14-16)27(13-5-6-21(28)30-4)25-22(19)17-8-9-17/h7,12,14,17-18H,5-6,8-11,13,15H2,1-4H3. The molecule has 0 aliphatic heterocycles. The quantitative estimate of drug-likeness (QED) is 0.568. The van der Waals surface area contributed by atoms with Crippen molar-refractivity contribution in [2.75, 3.05) is 7.11 Å². The fourth-order valence-electron chi connectivity index (χ4n) is 3.89. The number of aryl methyl sites for hydroxylation is 1. The molecule has 4 rings (SSSR count). The Labute approximate surface area is 183 Å². The van der Waals surface area contributed by atoms with Crippen molar-refractivity contribution in [2.45, 2.75) is 89.9 Å². The number of benzene rings is 1. The lowest BCUT2D eigenvalue weighted by Crippen LogP contribution is -2.37. The van der Waals surface area contributed by atoms with E-state index in [4.69, 9.17) is 14.6 Å². The van der Waals surface area contributed by atoms with Crippen LogP contribution in [0.4, 0.5) is 4.79 Å². The van der Waals surface area contributed by atoms with Gasteiger partial charge in [0.25, 0.3) is 0 Å². The molecule has 1 heterocycles. The first-order chi connectivity index (χ1) is 14.7. The van der Waals surface area contributed by atoms with E-state index in [9.17, 15) is 9.59 Å². The topological polar surface area (TPSA) is 73.7 Å². The average Bonchev–Trinajstić information content (AvgIpc) is 3.62. The number of fused-ring (bicyclic) bond motifs is 1. The number of hydrogen-bond acceptors (Lipinski definition) is 5. The molecule has 2 aliphatic rings. The minimum Gasteiger partial charge on any atom is -0.469 e. The lowest BCUT2D eigenvalue weighted by atomic mass is 10.1. The molecule has 1 aromatic heterocycles. The molecule has 7 heteroatoms. The van der Waals surface area contributed by atoms with Crippen LogP contribution in [0.5, 0.6) is 0 Å². The summed E-state index contributed by atoms with van der Waals surface area (Å²) in [5, 5.41) is 6.06. The Morgan fingerprint density at radius 1 is 1.19 bits per heavy atom. The van der Waals surface area contributed by atoms with E-state index in [0.29, 0.717) is 31.8 Å². The molecular weight excluding hydrogens is 394 g/mol. The maximum atomic E-state index is 12.8. The van der Waals surface area contributed by atoms with E-state index < -0.39 is 5.60 Å². The largest absolute Gasteiger partial charge is 0.469 e. The molecule has 31 heavy (non-hydrogen) atoms. The van der Waals surface area contributed by atoms with Crippen LogP contribution < -0.4 is 0 Å². The van der Waals surface area contributed by atoms with Gasteiger partial charge in [0, 0.05) is 36.9 Å². The van der Waals surface area contributed by atoms with Crippen LogP contribution in [0, 0.1) is 0 Å². The first kappa shape index (κ1) is 21.7. The lowest BCUT2D eigenvalue weighted by Gasteiger charge is -2.27. The summed E-state index contributed by atoms with van der Waals surface area (Å²) in [6.45, 7) is 6.89. The third kappa shape index (κ3) is 5.38. The third-order valence-electron chi connectivity index (χ3n) is 5.76. The Morgan fingerprint density at radius 2 is 1.94 bits per heavy atom. The van der Waals surface area contributed by atoms with Gasteiger partial charge in [-0.05, 0) is 64.5 Å². The summed E-state index contributed by atoms with van der Waals surface area (Å²) in [4.78, 5) is 26.1. The van der Waals surface area contributed by atoms with Crippen LogP contribution in [0.25, 0.3) is 10.9 Å². The number of esters is 1. The van der Waals surface area contributed by atoms with Gasteiger partial charge >= 0.3 is 12.1 Å². The van der Waals surface area contributed by atoms with Crippen LogP contribution in [0.3, 0.4) is 0 Å². The summed E-state index contributed by atoms with van der Waals surface area (Å²) < 4.78 is 12.4. The molecule has 1 aromatic carbocycles. The van der Waals surface area contributed by atoms with Crippen molar-refractivity contribution in [3.8, 4) is 0 Å². The predicted octanol–water partition coefficient (Wildman–Crippen LogP) is 4.77.